The van der Waals surface area contributed by atoms with Crippen LogP contribution in [0.1, 0.15) is 50.9 Å². The Labute approximate surface area is 131 Å². The summed E-state index contributed by atoms with van der Waals surface area (Å²) in [4.78, 5) is 12.3. The zero-order valence-electron chi connectivity index (χ0n) is 13.7. The fourth-order valence-electron chi connectivity index (χ4n) is 2.99. The highest BCUT2D eigenvalue weighted by atomic mass is 16.2. The van der Waals surface area contributed by atoms with Crippen molar-refractivity contribution in [2.75, 3.05) is 0 Å². The SMILES string of the molecule is C=C1CCC(n2nc(C)c3cc(C(C)(C)C)ccc32)C(=O)N1. The summed E-state index contributed by atoms with van der Waals surface area (Å²) in [6.45, 7) is 12.4. The minimum Gasteiger partial charge on any atom is -0.329 e. The summed E-state index contributed by atoms with van der Waals surface area (Å²) in [5.41, 5.74) is 4.17. The Bertz CT molecular complexity index is 764. The summed E-state index contributed by atoms with van der Waals surface area (Å²) < 4.78 is 1.87. The van der Waals surface area contributed by atoms with Crippen LogP contribution in [0, 0.1) is 6.92 Å². The highest BCUT2D eigenvalue weighted by molar-refractivity contribution is 5.88. The van der Waals surface area contributed by atoms with Gasteiger partial charge in [-0.2, -0.15) is 5.10 Å². The minimum atomic E-state index is -0.248. The topological polar surface area (TPSA) is 46.9 Å². The molecule has 1 fully saturated rings. The molecule has 4 heteroatoms. The first-order valence-corrected chi connectivity index (χ1v) is 7.75. The summed E-state index contributed by atoms with van der Waals surface area (Å²) in [6.07, 6.45) is 1.55. The van der Waals surface area contributed by atoms with E-state index in [4.69, 9.17) is 0 Å². The molecule has 0 aliphatic carbocycles. The first-order chi connectivity index (χ1) is 10.3. The van der Waals surface area contributed by atoms with Crippen molar-refractivity contribution >= 4 is 16.8 Å². The van der Waals surface area contributed by atoms with E-state index in [0.29, 0.717) is 0 Å². The lowest BCUT2D eigenvalue weighted by molar-refractivity contribution is -0.125. The Hall–Kier alpha value is -2.10. The highest BCUT2D eigenvalue weighted by Crippen LogP contribution is 2.31. The van der Waals surface area contributed by atoms with E-state index in [-0.39, 0.29) is 17.4 Å². The normalized spacial score (nSPS) is 19.5. The van der Waals surface area contributed by atoms with Crippen molar-refractivity contribution in [3.05, 3.63) is 41.7 Å². The molecule has 1 aliphatic rings. The van der Waals surface area contributed by atoms with Crippen LogP contribution in [0.15, 0.2) is 30.5 Å². The van der Waals surface area contributed by atoms with E-state index in [9.17, 15) is 4.79 Å². The Kier molecular flexibility index (Phi) is 3.35. The van der Waals surface area contributed by atoms with Gasteiger partial charge in [0.2, 0.25) is 5.91 Å². The van der Waals surface area contributed by atoms with Crippen LogP contribution in [0.25, 0.3) is 10.9 Å². The predicted octanol–water partition coefficient (Wildman–Crippen LogP) is 3.61. The van der Waals surface area contributed by atoms with Crippen LogP contribution in [-0.4, -0.2) is 15.7 Å². The van der Waals surface area contributed by atoms with E-state index in [1.54, 1.807) is 0 Å². The van der Waals surface area contributed by atoms with Crippen LogP contribution in [0.5, 0.6) is 0 Å². The lowest BCUT2D eigenvalue weighted by Crippen LogP contribution is -2.36. The van der Waals surface area contributed by atoms with Crippen molar-refractivity contribution in [1.82, 2.24) is 15.1 Å². The largest absolute Gasteiger partial charge is 0.329 e. The Morgan fingerprint density at radius 2 is 2.09 bits per heavy atom. The maximum atomic E-state index is 12.3. The zero-order valence-corrected chi connectivity index (χ0v) is 13.7. The number of carbonyl (C=O) groups is 1. The van der Waals surface area contributed by atoms with E-state index < -0.39 is 0 Å². The zero-order chi connectivity index (χ0) is 16.1. The average molecular weight is 297 g/mol. The molecule has 1 unspecified atom stereocenters. The lowest BCUT2D eigenvalue weighted by atomic mass is 9.86. The van der Waals surface area contributed by atoms with Gasteiger partial charge in [-0.05, 0) is 42.9 Å². The number of carbonyl (C=O) groups excluding carboxylic acids is 1. The number of amides is 1. The minimum absolute atomic E-state index is 0.0134. The number of allylic oxidation sites excluding steroid dienone is 1. The number of aryl methyl sites for hydroxylation is 1. The fraction of sp³-hybridized carbons (Fsp3) is 0.444. The quantitative estimate of drug-likeness (QED) is 0.874. The van der Waals surface area contributed by atoms with Gasteiger partial charge in [0.25, 0.3) is 0 Å². The second kappa shape index (κ2) is 4.97. The number of hydrogen-bond donors (Lipinski definition) is 1. The number of nitrogens with zero attached hydrogens (tertiary/aromatic N) is 2. The van der Waals surface area contributed by atoms with Crippen LogP contribution < -0.4 is 5.32 Å². The predicted molar refractivity (Wildman–Crippen MR) is 88.7 cm³/mol. The van der Waals surface area contributed by atoms with Gasteiger partial charge in [-0.25, -0.2) is 0 Å². The summed E-state index contributed by atoms with van der Waals surface area (Å²) >= 11 is 0. The molecule has 2 aromatic rings. The third-order valence-electron chi connectivity index (χ3n) is 4.37. The number of hydrogen-bond acceptors (Lipinski definition) is 2. The molecule has 0 radical (unpaired) electrons. The summed E-state index contributed by atoms with van der Waals surface area (Å²) in [6, 6.07) is 6.18. The van der Waals surface area contributed by atoms with E-state index in [0.717, 1.165) is 35.1 Å². The van der Waals surface area contributed by atoms with Crippen LogP contribution in [0.2, 0.25) is 0 Å². The molecule has 2 heterocycles. The van der Waals surface area contributed by atoms with Gasteiger partial charge in [-0.3, -0.25) is 9.48 Å². The monoisotopic (exact) mass is 297 g/mol. The van der Waals surface area contributed by atoms with Crippen molar-refractivity contribution in [2.24, 2.45) is 0 Å². The Morgan fingerprint density at radius 1 is 1.36 bits per heavy atom. The summed E-state index contributed by atoms with van der Waals surface area (Å²) in [5.74, 6) is -0.0134. The molecule has 0 spiro atoms. The lowest BCUT2D eigenvalue weighted by Gasteiger charge is -2.24. The number of nitrogens with one attached hydrogen (secondary N) is 1. The number of rotatable bonds is 1. The molecule has 4 nitrogen and oxygen atoms in total. The second-order valence-electron chi connectivity index (χ2n) is 7.16. The van der Waals surface area contributed by atoms with Crippen molar-refractivity contribution < 1.29 is 4.79 Å². The highest BCUT2D eigenvalue weighted by Gasteiger charge is 2.28. The maximum absolute atomic E-state index is 12.3. The van der Waals surface area contributed by atoms with E-state index >= 15 is 0 Å². The number of benzene rings is 1. The van der Waals surface area contributed by atoms with Gasteiger partial charge in [0.05, 0.1) is 11.2 Å². The molecule has 3 rings (SSSR count). The van der Waals surface area contributed by atoms with Gasteiger partial charge >= 0.3 is 0 Å². The summed E-state index contributed by atoms with van der Waals surface area (Å²) in [7, 11) is 0. The third-order valence-corrected chi connectivity index (χ3v) is 4.37. The number of aromatic nitrogens is 2. The van der Waals surface area contributed by atoms with Gasteiger partial charge < -0.3 is 5.32 Å². The second-order valence-corrected chi connectivity index (χ2v) is 7.16. The molecule has 1 saturated heterocycles. The smallest absolute Gasteiger partial charge is 0.249 e. The van der Waals surface area contributed by atoms with Gasteiger partial charge in [0.1, 0.15) is 6.04 Å². The van der Waals surface area contributed by atoms with Gasteiger partial charge in [-0.1, -0.05) is 33.4 Å². The maximum Gasteiger partial charge on any atom is 0.249 e. The molecular weight excluding hydrogens is 274 g/mol. The molecule has 1 aromatic carbocycles. The first kappa shape index (κ1) is 14.8. The van der Waals surface area contributed by atoms with Crippen LogP contribution >= 0.6 is 0 Å². The molecule has 1 amide bonds. The average Bonchev–Trinajstić information content (AvgIpc) is 2.75. The Morgan fingerprint density at radius 3 is 2.73 bits per heavy atom. The van der Waals surface area contributed by atoms with Crippen LogP contribution in [0.3, 0.4) is 0 Å². The van der Waals surface area contributed by atoms with Gasteiger partial charge in [0, 0.05) is 11.1 Å². The summed E-state index contributed by atoms with van der Waals surface area (Å²) in [5, 5.41) is 8.61. The van der Waals surface area contributed by atoms with E-state index in [1.807, 2.05) is 11.6 Å². The molecule has 1 aromatic heterocycles. The number of fused-ring (bicyclic) bond motifs is 1. The van der Waals surface area contributed by atoms with Crippen LogP contribution in [0.4, 0.5) is 0 Å². The van der Waals surface area contributed by atoms with Crippen molar-refractivity contribution in [2.45, 2.75) is 52.0 Å². The molecule has 0 bridgehead atoms. The van der Waals surface area contributed by atoms with Crippen molar-refractivity contribution in [3.8, 4) is 0 Å². The fourth-order valence-corrected chi connectivity index (χ4v) is 2.99. The Balaban J connectivity index is 2.09. The molecule has 1 N–H and O–H groups in total. The number of piperidine rings is 1. The van der Waals surface area contributed by atoms with Gasteiger partial charge in [0.15, 0.2) is 0 Å². The molecular formula is C18H23N3O. The third kappa shape index (κ3) is 2.43. The van der Waals surface area contributed by atoms with E-state index in [1.165, 1.54) is 5.56 Å². The molecule has 1 atom stereocenters. The molecule has 0 saturated carbocycles. The molecule has 22 heavy (non-hydrogen) atoms. The molecule has 116 valence electrons. The van der Waals surface area contributed by atoms with Crippen molar-refractivity contribution in [3.63, 3.8) is 0 Å². The van der Waals surface area contributed by atoms with Crippen molar-refractivity contribution in [1.29, 1.82) is 0 Å². The standard InChI is InChI=1S/C18H23N3O/c1-11-6-8-16(17(22)19-11)21-15-9-7-13(18(3,4)5)10-14(15)12(2)20-21/h7,9-10,16H,1,6,8H2,2-5H3,(H,19,22). The first-order valence-electron chi connectivity index (χ1n) is 7.75. The van der Waals surface area contributed by atoms with Crippen LogP contribution in [-0.2, 0) is 10.2 Å². The molecule has 1 aliphatic heterocycles. The van der Waals surface area contributed by atoms with E-state index in [2.05, 4.69) is 56.0 Å². The van der Waals surface area contributed by atoms with Gasteiger partial charge in [-0.15, -0.1) is 0 Å².